The Bertz CT molecular complexity index is 577. The molecule has 0 aliphatic carbocycles. The van der Waals surface area contributed by atoms with E-state index in [0.29, 0.717) is 6.61 Å². The van der Waals surface area contributed by atoms with Crippen LogP contribution in [0.15, 0.2) is 41.4 Å². The summed E-state index contributed by atoms with van der Waals surface area (Å²) in [5, 5.41) is 3.54. The van der Waals surface area contributed by atoms with Crippen LogP contribution in [0.1, 0.15) is 37.4 Å². The lowest BCUT2D eigenvalue weighted by atomic mass is 10.0. The van der Waals surface area contributed by atoms with Crippen molar-refractivity contribution in [3.05, 3.63) is 52.5 Å². The summed E-state index contributed by atoms with van der Waals surface area (Å²) in [5.74, 6) is 0.793. The Hall–Kier alpha value is -1.46. The molecule has 2 heterocycles. The minimum absolute atomic E-state index is 0.0582. The van der Waals surface area contributed by atoms with E-state index in [4.69, 9.17) is 4.74 Å². The molecule has 0 aliphatic rings. The summed E-state index contributed by atoms with van der Waals surface area (Å²) in [7, 11) is 0. The van der Waals surface area contributed by atoms with Gasteiger partial charge in [0.05, 0.1) is 18.8 Å². The number of nitrogens with zero attached hydrogens (tertiary/aromatic N) is 2. The Kier molecular flexibility index (Phi) is 6.14. The van der Waals surface area contributed by atoms with Gasteiger partial charge in [-0.15, -0.1) is 0 Å². The fraction of sp³-hybridized carbons (Fsp3) is 0.375. The molecule has 0 aliphatic heterocycles. The minimum atomic E-state index is 0.0582. The molecule has 0 saturated heterocycles. The van der Waals surface area contributed by atoms with Crippen LogP contribution in [0.25, 0.3) is 0 Å². The summed E-state index contributed by atoms with van der Waals surface area (Å²) in [6.07, 6.45) is 8.34. The van der Waals surface area contributed by atoms with Gasteiger partial charge < -0.3 is 10.1 Å². The number of rotatable bonds is 7. The van der Waals surface area contributed by atoms with Gasteiger partial charge in [0.1, 0.15) is 5.75 Å². The van der Waals surface area contributed by atoms with E-state index in [2.05, 4.69) is 44.2 Å². The van der Waals surface area contributed by atoms with Crippen LogP contribution in [0.3, 0.4) is 0 Å². The molecule has 4 nitrogen and oxygen atoms in total. The van der Waals surface area contributed by atoms with Crippen LogP contribution in [0, 0.1) is 0 Å². The van der Waals surface area contributed by atoms with Crippen molar-refractivity contribution < 1.29 is 4.74 Å². The van der Waals surface area contributed by atoms with Gasteiger partial charge in [-0.05, 0) is 59.1 Å². The molecule has 0 aromatic carbocycles. The van der Waals surface area contributed by atoms with Crippen molar-refractivity contribution in [2.75, 3.05) is 13.2 Å². The number of ether oxygens (including phenoxy) is 1. The van der Waals surface area contributed by atoms with Crippen LogP contribution in [0.5, 0.6) is 5.75 Å². The molecule has 1 atom stereocenters. The molecule has 5 heteroatoms. The molecule has 0 saturated carbocycles. The summed E-state index contributed by atoms with van der Waals surface area (Å²) < 4.78 is 6.52. The normalized spacial score (nSPS) is 12.1. The Morgan fingerprint density at radius 3 is 2.48 bits per heavy atom. The molecule has 112 valence electrons. The van der Waals surface area contributed by atoms with Crippen molar-refractivity contribution in [2.24, 2.45) is 0 Å². The molecule has 2 aromatic rings. The lowest BCUT2D eigenvalue weighted by Crippen LogP contribution is -2.23. The van der Waals surface area contributed by atoms with Crippen LogP contribution in [0.4, 0.5) is 0 Å². The maximum atomic E-state index is 5.55. The maximum Gasteiger partial charge on any atom is 0.137 e. The van der Waals surface area contributed by atoms with Gasteiger partial charge in [-0.3, -0.25) is 9.97 Å². The molecule has 21 heavy (non-hydrogen) atoms. The van der Waals surface area contributed by atoms with Crippen LogP contribution < -0.4 is 10.1 Å². The number of nitrogens with one attached hydrogen (secondary N) is 1. The van der Waals surface area contributed by atoms with E-state index < -0.39 is 0 Å². The molecular weight excluding hydrogens is 330 g/mol. The molecule has 0 fully saturated rings. The van der Waals surface area contributed by atoms with Gasteiger partial charge in [-0.25, -0.2) is 0 Å². The number of halogens is 1. The van der Waals surface area contributed by atoms with Crippen molar-refractivity contribution in [2.45, 2.75) is 26.3 Å². The molecular formula is C16H20BrN3O. The first-order valence-electron chi connectivity index (χ1n) is 7.16. The lowest BCUT2D eigenvalue weighted by molar-refractivity contribution is 0.338. The highest BCUT2D eigenvalue weighted by molar-refractivity contribution is 9.10. The van der Waals surface area contributed by atoms with Crippen molar-refractivity contribution in [1.82, 2.24) is 15.3 Å². The van der Waals surface area contributed by atoms with Gasteiger partial charge in [-0.2, -0.15) is 0 Å². The Labute approximate surface area is 134 Å². The first-order valence-corrected chi connectivity index (χ1v) is 7.95. The van der Waals surface area contributed by atoms with E-state index in [1.54, 1.807) is 12.4 Å². The second kappa shape index (κ2) is 8.10. The predicted octanol–water partition coefficient (Wildman–Crippen LogP) is 3.73. The standard InChI is InChI=1S/C16H20BrN3O/c1-3-5-20-16(12-6-14(17)10-18-8-12)13-7-15(21-4-2)11-19-9-13/h6-11,16,20H,3-5H2,1-2H3. The molecule has 2 rings (SSSR count). The van der Waals surface area contributed by atoms with Gasteiger partial charge in [-0.1, -0.05) is 6.92 Å². The second-order valence-electron chi connectivity index (χ2n) is 4.71. The lowest BCUT2D eigenvalue weighted by Gasteiger charge is -2.19. The third-order valence-electron chi connectivity index (χ3n) is 3.04. The van der Waals surface area contributed by atoms with Crippen molar-refractivity contribution in [3.63, 3.8) is 0 Å². The van der Waals surface area contributed by atoms with Crippen molar-refractivity contribution in [1.29, 1.82) is 0 Å². The molecule has 0 spiro atoms. The van der Waals surface area contributed by atoms with Crippen molar-refractivity contribution in [3.8, 4) is 5.75 Å². The number of hydrogen-bond donors (Lipinski definition) is 1. The summed E-state index contributed by atoms with van der Waals surface area (Å²) in [5.41, 5.74) is 2.18. The van der Waals surface area contributed by atoms with Crippen LogP contribution >= 0.6 is 15.9 Å². The van der Waals surface area contributed by atoms with Gasteiger partial charge >= 0.3 is 0 Å². The predicted molar refractivity (Wildman–Crippen MR) is 87.5 cm³/mol. The third-order valence-corrected chi connectivity index (χ3v) is 3.47. The number of aromatic nitrogens is 2. The van der Waals surface area contributed by atoms with E-state index in [0.717, 1.165) is 34.3 Å². The number of hydrogen-bond acceptors (Lipinski definition) is 4. The Morgan fingerprint density at radius 1 is 1.10 bits per heavy atom. The van der Waals surface area contributed by atoms with E-state index in [-0.39, 0.29) is 6.04 Å². The number of pyridine rings is 2. The van der Waals surface area contributed by atoms with E-state index in [9.17, 15) is 0 Å². The largest absolute Gasteiger partial charge is 0.492 e. The summed E-state index contributed by atoms with van der Waals surface area (Å²) in [6.45, 7) is 5.68. The van der Waals surface area contributed by atoms with Crippen LogP contribution in [-0.2, 0) is 0 Å². The zero-order valence-corrected chi connectivity index (χ0v) is 13.9. The molecule has 1 N–H and O–H groups in total. The van der Waals surface area contributed by atoms with Crippen LogP contribution in [-0.4, -0.2) is 23.1 Å². The van der Waals surface area contributed by atoms with Gasteiger partial charge in [0.2, 0.25) is 0 Å². The molecule has 1 unspecified atom stereocenters. The summed E-state index contributed by atoms with van der Waals surface area (Å²) in [6, 6.07) is 4.17. The summed E-state index contributed by atoms with van der Waals surface area (Å²) >= 11 is 3.48. The van der Waals surface area contributed by atoms with Crippen molar-refractivity contribution >= 4 is 15.9 Å². The smallest absolute Gasteiger partial charge is 0.137 e. The zero-order valence-electron chi connectivity index (χ0n) is 12.3. The highest BCUT2D eigenvalue weighted by atomic mass is 79.9. The maximum absolute atomic E-state index is 5.55. The van der Waals surface area contributed by atoms with E-state index in [1.807, 2.05) is 25.4 Å². The quantitative estimate of drug-likeness (QED) is 0.827. The van der Waals surface area contributed by atoms with E-state index >= 15 is 0 Å². The molecule has 2 aromatic heterocycles. The Morgan fingerprint density at radius 2 is 1.81 bits per heavy atom. The fourth-order valence-corrected chi connectivity index (χ4v) is 2.52. The first-order chi connectivity index (χ1) is 10.2. The third kappa shape index (κ3) is 4.51. The minimum Gasteiger partial charge on any atom is -0.492 e. The van der Waals surface area contributed by atoms with Gasteiger partial charge in [0.15, 0.2) is 0 Å². The van der Waals surface area contributed by atoms with Gasteiger partial charge in [0, 0.05) is 23.1 Å². The van der Waals surface area contributed by atoms with Crippen LogP contribution in [0.2, 0.25) is 0 Å². The monoisotopic (exact) mass is 349 g/mol. The zero-order chi connectivity index (χ0) is 15.1. The average Bonchev–Trinajstić information content (AvgIpc) is 2.49. The van der Waals surface area contributed by atoms with E-state index in [1.165, 1.54) is 0 Å². The molecule has 0 radical (unpaired) electrons. The summed E-state index contributed by atoms with van der Waals surface area (Å²) in [4.78, 5) is 8.54. The first kappa shape index (κ1) is 15.9. The average molecular weight is 350 g/mol. The molecule has 0 bridgehead atoms. The fourth-order valence-electron chi connectivity index (χ4n) is 2.14. The highest BCUT2D eigenvalue weighted by Crippen LogP contribution is 2.25. The second-order valence-corrected chi connectivity index (χ2v) is 5.63. The van der Waals surface area contributed by atoms with Gasteiger partial charge in [0.25, 0.3) is 0 Å². The highest BCUT2D eigenvalue weighted by Gasteiger charge is 2.15. The topological polar surface area (TPSA) is 47.0 Å². The Balaban J connectivity index is 2.33. The SMILES string of the molecule is CCCNC(c1cncc(Br)c1)c1cncc(OCC)c1. The molecule has 0 amide bonds.